The largest absolute Gasteiger partial charge is 0.496 e. The van der Waals surface area contributed by atoms with E-state index >= 15 is 0 Å². The number of carboxylic acids is 1. The maximum atomic E-state index is 12.0. The molecule has 5 nitrogen and oxygen atoms in total. The molecule has 0 aliphatic heterocycles. The van der Waals surface area contributed by atoms with Crippen molar-refractivity contribution < 1.29 is 19.4 Å². The van der Waals surface area contributed by atoms with Crippen molar-refractivity contribution in [2.24, 2.45) is 5.92 Å². The average molecular weight is 314 g/mol. The number of aliphatic carboxylic acids is 1. The fourth-order valence-corrected chi connectivity index (χ4v) is 2.23. The maximum Gasteiger partial charge on any atom is 0.326 e. The monoisotopic (exact) mass is 313 g/mol. The van der Waals surface area contributed by atoms with E-state index in [0.717, 1.165) is 0 Å². The standard InChI is InChI=1S/C15H20ClNO4/c1-9(2)7-12(15(19)20)17-14(18)8-10-11(16)5-4-6-13(10)21-3/h4-6,9,12H,7-8H2,1-3H3,(H,17,18)(H,19,20). The molecule has 21 heavy (non-hydrogen) atoms. The van der Waals surface area contributed by atoms with E-state index < -0.39 is 17.9 Å². The Hall–Kier alpha value is -1.75. The molecule has 0 bridgehead atoms. The fraction of sp³-hybridized carbons (Fsp3) is 0.467. The first-order chi connectivity index (χ1) is 9.85. The van der Waals surface area contributed by atoms with E-state index in [0.29, 0.717) is 22.8 Å². The topological polar surface area (TPSA) is 75.6 Å². The molecule has 1 unspecified atom stereocenters. The summed E-state index contributed by atoms with van der Waals surface area (Å²) in [6, 6.07) is 4.19. The highest BCUT2D eigenvalue weighted by Gasteiger charge is 2.22. The van der Waals surface area contributed by atoms with Crippen LogP contribution in [0.25, 0.3) is 0 Å². The smallest absolute Gasteiger partial charge is 0.326 e. The van der Waals surface area contributed by atoms with Crippen molar-refractivity contribution in [1.29, 1.82) is 0 Å². The van der Waals surface area contributed by atoms with Crippen LogP contribution in [0.1, 0.15) is 25.8 Å². The predicted octanol–water partition coefficient (Wildman–Crippen LogP) is 2.51. The summed E-state index contributed by atoms with van der Waals surface area (Å²) in [5, 5.41) is 12.1. The minimum atomic E-state index is -1.04. The lowest BCUT2D eigenvalue weighted by atomic mass is 10.0. The molecular formula is C15H20ClNO4. The number of rotatable bonds is 7. The molecule has 0 radical (unpaired) electrons. The van der Waals surface area contributed by atoms with Crippen LogP contribution in [-0.4, -0.2) is 30.1 Å². The van der Waals surface area contributed by atoms with Crippen molar-refractivity contribution in [3.8, 4) is 5.75 Å². The molecule has 2 N–H and O–H groups in total. The number of carboxylic acid groups (broad SMARTS) is 1. The van der Waals surface area contributed by atoms with Crippen LogP contribution in [0.4, 0.5) is 0 Å². The molecule has 0 aliphatic rings. The Kier molecular flexibility index (Phi) is 6.49. The number of carbonyl (C=O) groups excluding carboxylic acids is 1. The highest BCUT2D eigenvalue weighted by Crippen LogP contribution is 2.26. The van der Waals surface area contributed by atoms with Gasteiger partial charge in [-0.25, -0.2) is 4.79 Å². The van der Waals surface area contributed by atoms with Gasteiger partial charge in [0.15, 0.2) is 0 Å². The fourth-order valence-electron chi connectivity index (χ4n) is 2.00. The first-order valence-corrected chi connectivity index (χ1v) is 7.06. The second kappa shape index (κ2) is 7.88. The van der Waals surface area contributed by atoms with Gasteiger partial charge >= 0.3 is 5.97 Å². The number of methoxy groups -OCH3 is 1. The van der Waals surface area contributed by atoms with Crippen molar-refractivity contribution in [2.75, 3.05) is 7.11 Å². The zero-order valence-corrected chi connectivity index (χ0v) is 13.1. The van der Waals surface area contributed by atoms with Gasteiger partial charge < -0.3 is 15.2 Å². The molecule has 1 aromatic rings. The van der Waals surface area contributed by atoms with Gasteiger partial charge in [-0.05, 0) is 24.5 Å². The van der Waals surface area contributed by atoms with Gasteiger partial charge in [0.1, 0.15) is 11.8 Å². The molecule has 1 aromatic carbocycles. The predicted molar refractivity (Wildman–Crippen MR) is 80.7 cm³/mol. The van der Waals surface area contributed by atoms with E-state index in [1.54, 1.807) is 18.2 Å². The number of hydrogen-bond donors (Lipinski definition) is 2. The van der Waals surface area contributed by atoms with E-state index in [1.807, 2.05) is 13.8 Å². The summed E-state index contributed by atoms with van der Waals surface area (Å²) >= 11 is 6.06. The zero-order chi connectivity index (χ0) is 16.0. The van der Waals surface area contributed by atoms with E-state index in [2.05, 4.69) is 5.32 Å². The molecule has 1 atom stereocenters. The number of hydrogen-bond acceptors (Lipinski definition) is 3. The van der Waals surface area contributed by atoms with Gasteiger partial charge in [-0.15, -0.1) is 0 Å². The van der Waals surface area contributed by atoms with Crippen LogP contribution in [0.2, 0.25) is 5.02 Å². The molecule has 116 valence electrons. The van der Waals surface area contributed by atoms with Crippen LogP contribution >= 0.6 is 11.6 Å². The van der Waals surface area contributed by atoms with E-state index in [9.17, 15) is 9.59 Å². The van der Waals surface area contributed by atoms with Gasteiger partial charge in [-0.1, -0.05) is 31.5 Å². The molecule has 0 heterocycles. The van der Waals surface area contributed by atoms with Crippen LogP contribution in [0.5, 0.6) is 5.75 Å². The lowest BCUT2D eigenvalue weighted by Crippen LogP contribution is -2.42. The second-order valence-corrected chi connectivity index (χ2v) is 5.59. The zero-order valence-electron chi connectivity index (χ0n) is 12.4. The number of amides is 1. The third-order valence-corrected chi connectivity index (χ3v) is 3.33. The number of halogens is 1. The molecule has 0 saturated heterocycles. The molecule has 0 aromatic heterocycles. The minimum Gasteiger partial charge on any atom is -0.496 e. The van der Waals surface area contributed by atoms with Crippen LogP contribution in [0, 0.1) is 5.92 Å². The summed E-state index contributed by atoms with van der Waals surface area (Å²) in [5.74, 6) is -0.757. The Morgan fingerprint density at radius 1 is 1.38 bits per heavy atom. The number of ether oxygens (including phenoxy) is 1. The number of benzene rings is 1. The molecule has 1 rings (SSSR count). The summed E-state index contributed by atoms with van der Waals surface area (Å²) in [6.45, 7) is 3.80. The number of carbonyl (C=O) groups is 2. The Bertz CT molecular complexity index is 516. The van der Waals surface area contributed by atoms with Crippen LogP contribution in [0.3, 0.4) is 0 Å². The first-order valence-electron chi connectivity index (χ1n) is 6.68. The van der Waals surface area contributed by atoms with Gasteiger partial charge in [-0.2, -0.15) is 0 Å². The molecule has 0 spiro atoms. The third kappa shape index (κ3) is 5.27. The molecule has 0 saturated carbocycles. The van der Waals surface area contributed by atoms with Crippen molar-refractivity contribution in [2.45, 2.75) is 32.7 Å². The third-order valence-electron chi connectivity index (χ3n) is 2.97. The van der Waals surface area contributed by atoms with Gasteiger partial charge in [0, 0.05) is 10.6 Å². The molecular weight excluding hydrogens is 294 g/mol. The summed E-state index contributed by atoms with van der Waals surface area (Å²) < 4.78 is 5.16. The van der Waals surface area contributed by atoms with E-state index in [1.165, 1.54) is 7.11 Å². The van der Waals surface area contributed by atoms with Crippen molar-refractivity contribution in [3.63, 3.8) is 0 Å². The van der Waals surface area contributed by atoms with Crippen LogP contribution < -0.4 is 10.1 Å². The summed E-state index contributed by atoms with van der Waals surface area (Å²) in [6.07, 6.45) is 0.353. The number of nitrogens with one attached hydrogen (secondary N) is 1. The lowest BCUT2D eigenvalue weighted by Gasteiger charge is -2.17. The SMILES string of the molecule is COc1cccc(Cl)c1CC(=O)NC(CC(C)C)C(=O)O. The highest BCUT2D eigenvalue weighted by atomic mass is 35.5. The van der Waals surface area contributed by atoms with E-state index in [4.69, 9.17) is 21.4 Å². The minimum absolute atomic E-state index is 0.0231. The average Bonchev–Trinajstić information content (AvgIpc) is 2.39. The van der Waals surface area contributed by atoms with Gasteiger partial charge in [0.2, 0.25) is 5.91 Å². The Morgan fingerprint density at radius 2 is 2.05 bits per heavy atom. The Balaban J connectivity index is 2.79. The molecule has 0 aliphatic carbocycles. The van der Waals surface area contributed by atoms with E-state index in [-0.39, 0.29) is 12.3 Å². The molecule has 6 heteroatoms. The highest BCUT2D eigenvalue weighted by molar-refractivity contribution is 6.31. The van der Waals surface area contributed by atoms with Gasteiger partial charge in [0.05, 0.1) is 13.5 Å². The second-order valence-electron chi connectivity index (χ2n) is 5.19. The quantitative estimate of drug-likeness (QED) is 0.811. The first kappa shape index (κ1) is 17.3. The molecule has 1 amide bonds. The lowest BCUT2D eigenvalue weighted by molar-refractivity contribution is -0.142. The maximum absolute atomic E-state index is 12.0. The van der Waals surface area contributed by atoms with Gasteiger partial charge in [-0.3, -0.25) is 4.79 Å². The Labute approximate surface area is 129 Å². The molecule has 0 fully saturated rings. The van der Waals surface area contributed by atoms with Crippen LogP contribution in [0.15, 0.2) is 18.2 Å². The van der Waals surface area contributed by atoms with Gasteiger partial charge in [0.25, 0.3) is 0 Å². The van der Waals surface area contributed by atoms with Crippen molar-refractivity contribution in [1.82, 2.24) is 5.32 Å². The Morgan fingerprint density at radius 3 is 2.57 bits per heavy atom. The summed E-state index contributed by atoms with van der Waals surface area (Å²) in [7, 11) is 1.49. The van der Waals surface area contributed by atoms with Crippen LogP contribution in [-0.2, 0) is 16.0 Å². The van der Waals surface area contributed by atoms with Crippen molar-refractivity contribution >= 4 is 23.5 Å². The normalized spacial score (nSPS) is 12.0. The summed E-state index contributed by atoms with van der Waals surface area (Å²) in [4.78, 5) is 23.2. The van der Waals surface area contributed by atoms with Crippen molar-refractivity contribution in [3.05, 3.63) is 28.8 Å². The summed E-state index contributed by atoms with van der Waals surface area (Å²) in [5.41, 5.74) is 0.549.